The number of nitrogens with zero attached hydrogens (tertiary/aromatic N) is 2. The molecule has 2 rings (SSSR count). The highest BCUT2D eigenvalue weighted by Gasteiger charge is 2.32. The summed E-state index contributed by atoms with van der Waals surface area (Å²) in [6, 6.07) is 6.05. The summed E-state index contributed by atoms with van der Waals surface area (Å²) < 4.78 is 13.6. The van der Waals surface area contributed by atoms with Crippen LogP contribution in [0.3, 0.4) is 0 Å². The second kappa shape index (κ2) is 6.06. The molecular formula is C14H13FN2O2S. The molecule has 6 heteroatoms. The highest BCUT2D eigenvalue weighted by Crippen LogP contribution is 2.30. The van der Waals surface area contributed by atoms with Crippen molar-refractivity contribution in [2.75, 3.05) is 17.2 Å². The highest BCUT2D eigenvalue weighted by molar-refractivity contribution is 8.13. The van der Waals surface area contributed by atoms with Crippen LogP contribution < -0.4 is 4.90 Å². The summed E-state index contributed by atoms with van der Waals surface area (Å²) in [6.45, 7) is 1.90. The molecule has 1 unspecified atom stereocenters. The van der Waals surface area contributed by atoms with Gasteiger partial charge >= 0.3 is 0 Å². The van der Waals surface area contributed by atoms with E-state index in [0.29, 0.717) is 24.4 Å². The van der Waals surface area contributed by atoms with Crippen LogP contribution in [-0.4, -0.2) is 23.3 Å². The van der Waals surface area contributed by atoms with Gasteiger partial charge < -0.3 is 4.90 Å². The summed E-state index contributed by atoms with van der Waals surface area (Å²) in [5.74, 6) is -0.152. The van der Waals surface area contributed by atoms with E-state index >= 15 is 0 Å². The topological polar surface area (TPSA) is 61.2 Å². The Kier molecular flexibility index (Phi) is 4.40. The maximum Gasteiger partial charge on any atom is 0.227 e. The molecule has 1 fully saturated rings. The van der Waals surface area contributed by atoms with Crippen molar-refractivity contribution >= 4 is 28.5 Å². The fraction of sp³-hybridized carbons (Fsp3) is 0.357. The highest BCUT2D eigenvalue weighted by atomic mass is 32.2. The van der Waals surface area contributed by atoms with Gasteiger partial charge in [-0.3, -0.25) is 9.59 Å². The van der Waals surface area contributed by atoms with Gasteiger partial charge in [-0.1, -0.05) is 17.8 Å². The molecule has 1 aromatic carbocycles. The van der Waals surface area contributed by atoms with Gasteiger partial charge in [0.2, 0.25) is 5.91 Å². The number of benzene rings is 1. The Labute approximate surface area is 120 Å². The minimum Gasteiger partial charge on any atom is -0.311 e. The third kappa shape index (κ3) is 2.99. The Bertz CT molecular complexity index is 597. The van der Waals surface area contributed by atoms with Crippen molar-refractivity contribution in [2.45, 2.75) is 13.3 Å². The Balaban J connectivity index is 2.18. The summed E-state index contributed by atoms with van der Waals surface area (Å²) in [5, 5.41) is 9.02. The Morgan fingerprint density at radius 3 is 3.00 bits per heavy atom. The molecule has 20 heavy (non-hydrogen) atoms. The lowest BCUT2D eigenvalue weighted by atomic mass is 10.1. The number of halogens is 1. The first-order valence-electron chi connectivity index (χ1n) is 6.15. The smallest absolute Gasteiger partial charge is 0.227 e. The lowest BCUT2D eigenvalue weighted by molar-refractivity contribution is -0.117. The third-order valence-corrected chi connectivity index (χ3v) is 4.17. The average Bonchev–Trinajstić information content (AvgIpc) is 2.77. The second-order valence-electron chi connectivity index (χ2n) is 4.62. The van der Waals surface area contributed by atoms with Gasteiger partial charge in [0.15, 0.2) is 5.12 Å². The largest absolute Gasteiger partial charge is 0.311 e. The number of carbonyl (C=O) groups is 2. The van der Waals surface area contributed by atoms with Crippen molar-refractivity contribution in [1.82, 2.24) is 0 Å². The van der Waals surface area contributed by atoms with Crippen molar-refractivity contribution < 1.29 is 14.0 Å². The molecule has 1 aromatic rings. The molecule has 1 saturated heterocycles. The molecule has 0 saturated carbocycles. The summed E-state index contributed by atoms with van der Waals surface area (Å²) in [6.07, 6.45) is 0.321. The predicted molar refractivity (Wildman–Crippen MR) is 74.7 cm³/mol. The third-order valence-electron chi connectivity index (χ3n) is 3.12. The van der Waals surface area contributed by atoms with Crippen LogP contribution in [0.2, 0.25) is 0 Å². The van der Waals surface area contributed by atoms with Crippen molar-refractivity contribution in [3.05, 3.63) is 29.6 Å². The Morgan fingerprint density at radius 1 is 1.60 bits per heavy atom. The van der Waals surface area contributed by atoms with E-state index in [0.717, 1.165) is 0 Å². The number of amides is 1. The van der Waals surface area contributed by atoms with Gasteiger partial charge in [-0.2, -0.15) is 5.26 Å². The number of thioether (sulfide) groups is 1. The van der Waals surface area contributed by atoms with Crippen molar-refractivity contribution in [3.8, 4) is 6.07 Å². The number of hydrogen-bond acceptors (Lipinski definition) is 4. The van der Waals surface area contributed by atoms with Crippen molar-refractivity contribution in [3.63, 3.8) is 0 Å². The van der Waals surface area contributed by atoms with E-state index in [1.54, 1.807) is 12.1 Å². The molecule has 0 spiro atoms. The molecule has 1 atom stereocenters. The van der Waals surface area contributed by atoms with E-state index in [1.807, 2.05) is 0 Å². The molecule has 104 valence electrons. The molecule has 0 aromatic heterocycles. The van der Waals surface area contributed by atoms with Gasteiger partial charge in [0.05, 0.1) is 5.69 Å². The minimum absolute atomic E-state index is 0.0133. The average molecular weight is 292 g/mol. The van der Waals surface area contributed by atoms with Gasteiger partial charge in [-0.25, -0.2) is 4.39 Å². The first kappa shape index (κ1) is 14.5. The van der Waals surface area contributed by atoms with E-state index in [2.05, 4.69) is 0 Å². The van der Waals surface area contributed by atoms with Crippen LogP contribution in [0.4, 0.5) is 10.1 Å². The summed E-state index contributed by atoms with van der Waals surface area (Å²) in [7, 11) is 0. The first-order valence-corrected chi connectivity index (χ1v) is 7.13. The molecule has 1 aliphatic rings. The van der Waals surface area contributed by atoms with Crippen LogP contribution in [-0.2, 0) is 9.59 Å². The quantitative estimate of drug-likeness (QED) is 0.858. The van der Waals surface area contributed by atoms with Gasteiger partial charge in [-0.05, 0) is 18.1 Å². The van der Waals surface area contributed by atoms with Crippen LogP contribution in [0, 0.1) is 23.1 Å². The van der Waals surface area contributed by atoms with Crippen LogP contribution in [0.25, 0.3) is 0 Å². The molecule has 0 N–H and O–H groups in total. The zero-order chi connectivity index (χ0) is 14.7. The summed E-state index contributed by atoms with van der Waals surface area (Å²) in [5.41, 5.74) is 0.202. The Morgan fingerprint density at radius 2 is 2.35 bits per heavy atom. The van der Waals surface area contributed by atoms with E-state index < -0.39 is 5.82 Å². The minimum atomic E-state index is -0.626. The first-order chi connectivity index (χ1) is 9.52. The second-order valence-corrected chi connectivity index (χ2v) is 5.82. The molecule has 1 amide bonds. The van der Waals surface area contributed by atoms with E-state index in [-0.39, 0.29) is 22.5 Å². The van der Waals surface area contributed by atoms with Crippen LogP contribution in [0.15, 0.2) is 18.2 Å². The molecule has 1 heterocycles. The fourth-order valence-electron chi connectivity index (χ4n) is 2.21. The fourth-order valence-corrected chi connectivity index (χ4v) is 2.90. The summed E-state index contributed by atoms with van der Waals surface area (Å²) >= 11 is 1.18. The molecule has 0 aliphatic carbocycles. The molecule has 4 nitrogen and oxygen atoms in total. The molecule has 0 bridgehead atoms. The monoisotopic (exact) mass is 292 g/mol. The zero-order valence-electron chi connectivity index (χ0n) is 10.9. The molecular weight excluding hydrogens is 279 g/mol. The molecule has 0 radical (unpaired) electrons. The Hall–Kier alpha value is -1.87. The van der Waals surface area contributed by atoms with Gasteiger partial charge in [0, 0.05) is 25.6 Å². The maximum atomic E-state index is 13.6. The lowest BCUT2D eigenvalue weighted by Gasteiger charge is -2.18. The van der Waals surface area contributed by atoms with Crippen molar-refractivity contribution in [2.24, 2.45) is 5.92 Å². The molecule has 1 aliphatic heterocycles. The SMILES string of the molecule is CC(=O)SCC1CC(=O)N(c2cccc(F)c2C#N)C1. The lowest BCUT2D eigenvalue weighted by Crippen LogP contribution is -2.26. The van der Waals surface area contributed by atoms with E-state index in [4.69, 9.17) is 5.26 Å². The van der Waals surface area contributed by atoms with Crippen molar-refractivity contribution in [1.29, 1.82) is 5.26 Å². The zero-order valence-corrected chi connectivity index (χ0v) is 11.7. The summed E-state index contributed by atoms with van der Waals surface area (Å²) in [4.78, 5) is 24.4. The van der Waals surface area contributed by atoms with E-state index in [1.165, 1.54) is 35.7 Å². The predicted octanol–water partition coefficient (Wildman–Crippen LogP) is 2.33. The number of hydrogen-bond donors (Lipinski definition) is 0. The van der Waals surface area contributed by atoms with E-state index in [9.17, 15) is 14.0 Å². The van der Waals surface area contributed by atoms with Gasteiger partial charge in [0.25, 0.3) is 0 Å². The van der Waals surface area contributed by atoms with Crippen LogP contribution in [0.5, 0.6) is 0 Å². The number of carbonyl (C=O) groups excluding carboxylic acids is 2. The van der Waals surface area contributed by atoms with Crippen LogP contribution in [0.1, 0.15) is 18.9 Å². The van der Waals surface area contributed by atoms with Gasteiger partial charge in [-0.15, -0.1) is 0 Å². The van der Waals surface area contributed by atoms with Gasteiger partial charge in [0.1, 0.15) is 17.4 Å². The standard InChI is InChI=1S/C14H13FN2O2S/c1-9(18)20-8-10-5-14(19)17(7-10)13-4-2-3-12(15)11(13)6-16/h2-4,10H,5,7-8H2,1H3. The maximum absolute atomic E-state index is 13.6. The normalized spacial score (nSPS) is 18.1. The number of rotatable bonds is 3. The number of nitriles is 1. The van der Waals surface area contributed by atoms with Crippen LogP contribution >= 0.6 is 11.8 Å². The number of anilines is 1.